The highest BCUT2D eigenvalue weighted by atomic mass is 19.1. The van der Waals surface area contributed by atoms with Crippen molar-refractivity contribution in [3.8, 4) is 5.75 Å². The molecule has 1 unspecified atom stereocenters. The molecule has 0 spiro atoms. The minimum atomic E-state index is 0.334. The largest absolute Gasteiger partial charge is 0.496 e. The van der Waals surface area contributed by atoms with Crippen LogP contribution in [0.15, 0.2) is 24.3 Å². The summed E-state index contributed by atoms with van der Waals surface area (Å²) in [6.07, 6.45) is 0. The zero-order chi connectivity index (χ0) is 13.0. The summed E-state index contributed by atoms with van der Waals surface area (Å²) in [5.74, 6) is 0.944. The van der Waals surface area contributed by atoms with Gasteiger partial charge in [0.25, 0.3) is 0 Å². The lowest BCUT2D eigenvalue weighted by atomic mass is 10.1. The SMILES string of the molecule is CC.CF.CNC(C)c1ccccc1OC. The van der Waals surface area contributed by atoms with Gasteiger partial charge in [0.15, 0.2) is 0 Å². The van der Waals surface area contributed by atoms with Crippen molar-refractivity contribution in [1.82, 2.24) is 5.32 Å². The first-order chi connectivity index (χ1) is 7.79. The van der Waals surface area contributed by atoms with E-state index in [0.717, 1.165) is 5.75 Å². The van der Waals surface area contributed by atoms with Crippen LogP contribution in [-0.4, -0.2) is 21.3 Å². The van der Waals surface area contributed by atoms with Crippen LogP contribution >= 0.6 is 0 Å². The molecule has 94 valence electrons. The number of para-hydroxylation sites is 1. The van der Waals surface area contributed by atoms with Crippen LogP contribution in [0.25, 0.3) is 0 Å². The van der Waals surface area contributed by atoms with E-state index in [1.165, 1.54) is 5.56 Å². The fraction of sp³-hybridized carbons (Fsp3) is 0.538. The average Bonchev–Trinajstić information content (AvgIpc) is 2.42. The summed E-state index contributed by atoms with van der Waals surface area (Å²) in [6, 6.07) is 8.38. The molecule has 0 aliphatic carbocycles. The second-order valence-electron chi connectivity index (χ2n) is 2.75. The molecule has 1 rings (SSSR count). The molecule has 0 fully saturated rings. The third kappa shape index (κ3) is 5.71. The van der Waals surface area contributed by atoms with Crippen molar-refractivity contribution in [3.05, 3.63) is 29.8 Å². The summed E-state index contributed by atoms with van der Waals surface area (Å²) in [4.78, 5) is 0. The highest BCUT2D eigenvalue weighted by molar-refractivity contribution is 5.35. The Hall–Kier alpha value is -1.09. The van der Waals surface area contributed by atoms with Crippen LogP contribution in [0, 0.1) is 0 Å². The Morgan fingerprint density at radius 2 is 1.69 bits per heavy atom. The molecule has 16 heavy (non-hydrogen) atoms. The van der Waals surface area contributed by atoms with Crippen molar-refractivity contribution < 1.29 is 9.13 Å². The molecule has 0 aliphatic heterocycles. The topological polar surface area (TPSA) is 21.3 Å². The fourth-order valence-corrected chi connectivity index (χ4v) is 1.18. The second-order valence-corrected chi connectivity index (χ2v) is 2.75. The maximum atomic E-state index is 9.50. The molecule has 1 atom stereocenters. The Kier molecular flexibility index (Phi) is 13.0. The summed E-state index contributed by atoms with van der Waals surface area (Å²) in [6.45, 7) is 6.11. The second kappa shape index (κ2) is 12.0. The third-order valence-electron chi connectivity index (χ3n) is 2.04. The van der Waals surface area contributed by atoms with E-state index in [4.69, 9.17) is 4.74 Å². The van der Waals surface area contributed by atoms with Gasteiger partial charge in [0, 0.05) is 11.6 Å². The van der Waals surface area contributed by atoms with Crippen LogP contribution in [0.5, 0.6) is 5.75 Å². The molecule has 0 saturated carbocycles. The van der Waals surface area contributed by atoms with Gasteiger partial charge in [-0.1, -0.05) is 32.0 Å². The highest BCUT2D eigenvalue weighted by Gasteiger charge is 2.06. The molecule has 1 N–H and O–H groups in total. The molecule has 0 aromatic heterocycles. The van der Waals surface area contributed by atoms with E-state index in [1.807, 2.05) is 39.1 Å². The molecular formula is C13H24FNO. The summed E-state index contributed by atoms with van der Waals surface area (Å²) in [5.41, 5.74) is 1.20. The van der Waals surface area contributed by atoms with Gasteiger partial charge < -0.3 is 10.1 Å². The first kappa shape index (κ1) is 17.3. The van der Waals surface area contributed by atoms with Crippen LogP contribution in [0.4, 0.5) is 4.39 Å². The first-order valence-corrected chi connectivity index (χ1v) is 5.47. The third-order valence-corrected chi connectivity index (χ3v) is 2.04. The number of alkyl halides is 1. The monoisotopic (exact) mass is 229 g/mol. The van der Waals surface area contributed by atoms with Crippen molar-refractivity contribution in [1.29, 1.82) is 0 Å². The number of benzene rings is 1. The number of methoxy groups -OCH3 is 1. The minimum absolute atomic E-state index is 0.334. The number of rotatable bonds is 3. The van der Waals surface area contributed by atoms with Crippen molar-refractivity contribution in [2.24, 2.45) is 0 Å². The van der Waals surface area contributed by atoms with Crippen LogP contribution < -0.4 is 10.1 Å². The number of ether oxygens (including phenoxy) is 1. The summed E-state index contributed by atoms with van der Waals surface area (Å²) in [7, 11) is 4.14. The molecule has 0 heterocycles. The number of hydrogen-bond donors (Lipinski definition) is 1. The number of nitrogens with one attached hydrogen (secondary N) is 1. The van der Waals surface area contributed by atoms with Gasteiger partial charge in [0.1, 0.15) is 5.75 Å². The van der Waals surface area contributed by atoms with Gasteiger partial charge in [-0.2, -0.15) is 0 Å². The maximum Gasteiger partial charge on any atom is 0.123 e. The van der Waals surface area contributed by atoms with Crippen molar-refractivity contribution in [2.45, 2.75) is 26.8 Å². The van der Waals surface area contributed by atoms with E-state index in [0.29, 0.717) is 13.2 Å². The lowest BCUT2D eigenvalue weighted by Gasteiger charge is -2.14. The normalized spacial score (nSPS) is 10.2. The van der Waals surface area contributed by atoms with Gasteiger partial charge in [-0.15, -0.1) is 0 Å². The van der Waals surface area contributed by atoms with Gasteiger partial charge in [0.2, 0.25) is 0 Å². The smallest absolute Gasteiger partial charge is 0.123 e. The molecule has 2 nitrogen and oxygen atoms in total. The van der Waals surface area contributed by atoms with E-state index in [1.54, 1.807) is 7.11 Å². The van der Waals surface area contributed by atoms with Crippen molar-refractivity contribution in [3.63, 3.8) is 0 Å². The van der Waals surface area contributed by atoms with Crippen LogP contribution in [0.2, 0.25) is 0 Å². The predicted octanol–water partition coefficient (Wildman–Crippen LogP) is 3.59. The standard InChI is InChI=1S/C10H15NO.C2H6.CH3F/c1-8(11-2)9-6-4-5-7-10(9)12-3;2*1-2/h4-8,11H,1-3H3;1-2H3;1H3. The summed E-state index contributed by atoms with van der Waals surface area (Å²) < 4.78 is 14.7. The molecule has 3 heteroatoms. The number of halogens is 1. The molecule has 0 amide bonds. The van der Waals surface area contributed by atoms with Gasteiger partial charge in [0.05, 0.1) is 14.3 Å². The van der Waals surface area contributed by atoms with Crippen LogP contribution in [-0.2, 0) is 0 Å². The van der Waals surface area contributed by atoms with Crippen LogP contribution in [0.3, 0.4) is 0 Å². The molecule has 0 aliphatic rings. The zero-order valence-electron chi connectivity index (χ0n) is 11.2. The number of hydrogen-bond acceptors (Lipinski definition) is 2. The fourth-order valence-electron chi connectivity index (χ4n) is 1.18. The molecule has 1 aromatic carbocycles. The molecule has 0 radical (unpaired) electrons. The Bertz CT molecular complexity index is 253. The zero-order valence-corrected chi connectivity index (χ0v) is 11.2. The first-order valence-electron chi connectivity index (χ1n) is 5.47. The Morgan fingerprint density at radius 3 is 2.12 bits per heavy atom. The molecule has 0 bridgehead atoms. The van der Waals surface area contributed by atoms with E-state index in [9.17, 15) is 4.39 Å². The van der Waals surface area contributed by atoms with Gasteiger partial charge in [-0.25, -0.2) is 0 Å². The van der Waals surface area contributed by atoms with E-state index >= 15 is 0 Å². The molecule has 1 aromatic rings. The van der Waals surface area contributed by atoms with Gasteiger partial charge in [-0.05, 0) is 20.0 Å². The molecule has 0 saturated heterocycles. The highest BCUT2D eigenvalue weighted by Crippen LogP contribution is 2.23. The maximum absolute atomic E-state index is 9.50. The summed E-state index contributed by atoms with van der Waals surface area (Å²) >= 11 is 0. The molecular weight excluding hydrogens is 205 g/mol. The average molecular weight is 229 g/mol. The van der Waals surface area contributed by atoms with E-state index in [2.05, 4.69) is 18.3 Å². The summed E-state index contributed by atoms with van der Waals surface area (Å²) in [5, 5.41) is 3.18. The van der Waals surface area contributed by atoms with Crippen LogP contribution in [0.1, 0.15) is 32.4 Å². The Balaban J connectivity index is 0. The van der Waals surface area contributed by atoms with Gasteiger partial charge >= 0.3 is 0 Å². The Labute approximate surface area is 98.8 Å². The minimum Gasteiger partial charge on any atom is -0.496 e. The van der Waals surface area contributed by atoms with E-state index in [-0.39, 0.29) is 0 Å². The lowest BCUT2D eigenvalue weighted by Crippen LogP contribution is -2.13. The predicted molar refractivity (Wildman–Crippen MR) is 68.8 cm³/mol. The Morgan fingerprint density at radius 1 is 1.19 bits per heavy atom. The van der Waals surface area contributed by atoms with Crippen molar-refractivity contribution in [2.75, 3.05) is 21.3 Å². The van der Waals surface area contributed by atoms with E-state index < -0.39 is 0 Å². The van der Waals surface area contributed by atoms with Gasteiger partial charge in [-0.3, -0.25) is 4.39 Å². The lowest BCUT2D eigenvalue weighted by molar-refractivity contribution is 0.404. The van der Waals surface area contributed by atoms with Crippen molar-refractivity contribution >= 4 is 0 Å². The quantitative estimate of drug-likeness (QED) is 0.855.